The summed E-state index contributed by atoms with van der Waals surface area (Å²) in [7, 11) is 0. The van der Waals surface area contributed by atoms with Gasteiger partial charge in [0.25, 0.3) is 0 Å². The summed E-state index contributed by atoms with van der Waals surface area (Å²) < 4.78 is 0.945. The molecule has 0 spiro atoms. The van der Waals surface area contributed by atoms with E-state index in [-0.39, 0.29) is 5.78 Å². The maximum Gasteiger partial charge on any atom is 0.247 e. The van der Waals surface area contributed by atoms with Crippen molar-refractivity contribution < 1.29 is 4.79 Å². The third kappa shape index (κ3) is 3.10. The molecule has 1 aromatic heterocycles. The van der Waals surface area contributed by atoms with Gasteiger partial charge in [0.05, 0.1) is 4.88 Å². The van der Waals surface area contributed by atoms with Gasteiger partial charge in [-0.05, 0) is 41.3 Å². The van der Waals surface area contributed by atoms with E-state index in [1.165, 1.54) is 30.6 Å². The van der Waals surface area contributed by atoms with Crippen molar-refractivity contribution in [3.05, 3.63) is 20.8 Å². The largest absolute Gasteiger partial charge is 0.332 e. The fraction of sp³-hybridized carbons (Fsp3) is 0.417. The Morgan fingerprint density at radius 3 is 2.75 bits per heavy atom. The average molecular weight is 298 g/mol. The molecular formula is C12H12BrNOS. The Morgan fingerprint density at radius 1 is 1.38 bits per heavy atom. The molecule has 4 heteroatoms. The second kappa shape index (κ2) is 5.51. The van der Waals surface area contributed by atoms with E-state index in [0.29, 0.717) is 4.88 Å². The minimum absolute atomic E-state index is 0.0822. The summed E-state index contributed by atoms with van der Waals surface area (Å²) in [5.41, 5.74) is 0. The molecule has 2 rings (SSSR count). The number of likely N-dealkylation sites (tertiary alicyclic amines) is 1. The van der Waals surface area contributed by atoms with Crippen molar-refractivity contribution in [2.75, 3.05) is 13.1 Å². The highest BCUT2D eigenvalue weighted by Gasteiger charge is 2.08. The number of Topliss-reactive ketones (excluding diaryl/α,β-unsaturated/α-hetero) is 1. The third-order valence-electron chi connectivity index (χ3n) is 2.47. The molecule has 0 unspecified atom stereocenters. The molecule has 0 bridgehead atoms. The van der Waals surface area contributed by atoms with E-state index >= 15 is 0 Å². The number of carbonyl (C=O) groups is 1. The number of ketones is 1. The molecule has 0 atom stereocenters. The van der Waals surface area contributed by atoms with Crippen LogP contribution in [0.25, 0.3) is 0 Å². The minimum Gasteiger partial charge on any atom is -0.332 e. The molecule has 0 radical (unpaired) electrons. The number of carbonyl (C=O) groups excluding carboxylic acids is 1. The third-order valence-corrected chi connectivity index (χ3v) is 4.16. The van der Waals surface area contributed by atoms with Gasteiger partial charge in [0, 0.05) is 34.9 Å². The first-order chi connectivity index (χ1) is 7.75. The molecule has 1 fully saturated rings. The first-order valence-electron chi connectivity index (χ1n) is 5.31. The maximum atomic E-state index is 11.7. The van der Waals surface area contributed by atoms with Crippen LogP contribution in [-0.2, 0) is 0 Å². The quantitative estimate of drug-likeness (QED) is 0.586. The fourth-order valence-corrected chi connectivity index (χ4v) is 2.95. The summed E-state index contributed by atoms with van der Waals surface area (Å²) in [5, 5.41) is 1.90. The summed E-state index contributed by atoms with van der Waals surface area (Å²) in [6.07, 6.45) is 3.66. The number of rotatable bonds is 1. The second-order valence-corrected chi connectivity index (χ2v) is 5.57. The lowest BCUT2D eigenvalue weighted by Crippen LogP contribution is -2.24. The summed E-state index contributed by atoms with van der Waals surface area (Å²) in [6, 6.07) is 4.77. The predicted octanol–water partition coefficient (Wildman–Crippen LogP) is 3.14. The van der Waals surface area contributed by atoms with E-state index in [1.54, 1.807) is 0 Å². The molecule has 0 amide bonds. The first-order valence-corrected chi connectivity index (χ1v) is 6.98. The summed E-state index contributed by atoms with van der Waals surface area (Å²) in [4.78, 5) is 14.4. The Hall–Kier alpha value is -0.790. The Labute approximate surface area is 108 Å². The molecule has 0 aliphatic carbocycles. The van der Waals surface area contributed by atoms with Crippen LogP contribution < -0.4 is 0 Å². The van der Waals surface area contributed by atoms with Crippen LogP contribution in [0, 0.1) is 12.0 Å². The van der Waals surface area contributed by atoms with Crippen LogP contribution in [0.1, 0.15) is 28.9 Å². The van der Waals surface area contributed by atoms with E-state index in [4.69, 9.17) is 0 Å². The Bertz CT molecular complexity index is 437. The number of piperidine rings is 1. The smallest absolute Gasteiger partial charge is 0.247 e. The van der Waals surface area contributed by atoms with Gasteiger partial charge in [-0.15, -0.1) is 11.3 Å². The zero-order chi connectivity index (χ0) is 11.4. The molecule has 0 aromatic carbocycles. The highest BCUT2D eigenvalue weighted by atomic mass is 79.9. The van der Waals surface area contributed by atoms with Gasteiger partial charge >= 0.3 is 0 Å². The van der Waals surface area contributed by atoms with Crippen LogP contribution in [0.3, 0.4) is 0 Å². The van der Waals surface area contributed by atoms with Crippen molar-refractivity contribution in [2.24, 2.45) is 0 Å². The van der Waals surface area contributed by atoms with Gasteiger partial charge in [0.2, 0.25) is 5.78 Å². The SMILES string of the molecule is O=C(C#CN1CCCCC1)c1cc(Br)cs1. The Kier molecular flexibility index (Phi) is 4.03. The molecule has 2 nitrogen and oxygen atoms in total. The molecule has 1 aliphatic rings. The lowest BCUT2D eigenvalue weighted by Gasteiger charge is -2.21. The topological polar surface area (TPSA) is 20.3 Å². The summed E-state index contributed by atoms with van der Waals surface area (Å²) >= 11 is 4.75. The van der Waals surface area contributed by atoms with Gasteiger partial charge in [-0.1, -0.05) is 0 Å². The molecule has 0 N–H and O–H groups in total. The van der Waals surface area contributed by atoms with Gasteiger partial charge in [-0.2, -0.15) is 0 Å². The van der Waals surface area contributed by atoms with Crippen LogP contribution in [0.4, 0.5) is 0 Å². The number of hydrogen-bond acceptors (Lipinski definition) is 3. The maximum absolute atomic E-state index is 11.7. The molecule has 1 aromatic rings. The molecule has 0 saturated carbocycles. The number of hydrogen-bond donors (Lipinski definition) is 0. The first kappa shape index (κ1) is 11.7. The van der Waals surface area contributed by atoms with E-state index in [0.717, 1.165) is 17.6 Å². The van der Waals surface area contributed by atoms with E-state index in [2.05, 4.69) is 27.9 Å². The van der Waals surface area contributed by atoms with Gasteiger partial charge < -0.3 is 4.90 Å². The Morgan fingerprint density at radius 2 is 2.12 bits per heavy atom. The van der Waals surface area contributed by atoms with Gasteiger partial charge in [0.15, 0.2) is 0 Å². The highest BCUT2D eigenvalue weighted by molar-refractivity contribution is 9.10. The fourth-order valence-electron chi connectivity index (χ4n) is 1.63. The van der Waals surface area contributed by atoms with Gasteiger partial charge in [0.1, 0.15) is 0 Å². The van der Waals surface area contributed by atoms with Crippen molar-refractivity contribution in [1.29, 1.82) is 0 Å². The number of nitrogens with zero attached hydrogens (tertiary/aromatic N) is 1. The highest BCUT2D eigenvalue weighted by Crippen LogP contribution is 2.19. The van der Waals surface area contributed by atoms with Crippen molar-refractivity contribution in [3.8, 4) is 12.0 Å². The molecular weight excluding hydrogens is 286 g/mol. The van der Waals surface area contributed by atoms with E-state index in [1.807, 2.05) is 16.3 Å². The molecule has 2 heterocycles. The van der Waals surface area contributed by atoms with Crippen molar-refractivity contribution in [1.82, 2.24) is 4.90 Å². The number of halogens is 1. The lowest BCUT2D eigenvalue weighted by molar-refractivity contribution is 0.105. The normalized spacial score (nSPS) is 15.4. The zero-order valence-electron chi connectivity index (χ0n) is 8.83. The van der Waals surface area contributed by atoms with Gasteiger partial charge in [-0.3, -0.25) is 4.79 Å². The molecule has 16 heavy (non-hydrogen) atoms. The standard InChI is InChI=1S/C12H12BrNOS/c13-10-8-12(16-9-10)11(15)4-7-14-5-2-1-3-6-14/h8-9H,1-3,5-6H2. The molecule has 1 saturated heterocycles. The Balaban J connectivity index is 1.98. The van der Waals surface area contributed by atoms with Crippen LogP contribution in [0.15, 0.2) is 15.9 Å². The van der Waals surface area contributed by atoms with Gasteiger partial charge in [-0.25, -0.2) is 0 Å². The van der Waals surface area contributed by atoms with Crippen molar-refractivity contribution in [3.63, 3.8) is 0 Å². The van der Waals surface area contributed by atoms with Crippen LogP contribution in [0.2, 0.25) is 0 Å². The van der Waals surface area contributed by atoms with E-state index < -0.39 is 0 Å². The van der Waals surface area contributed by atoms with Crippen molar-refractivity contribution >= 4 is 33.0 Å². The minimum atomic E-state index is -0.0822. The second-order valence-electron chi connectivity index (χ2n) is 3.74. The summed E-state index contributed by atoms with van der Waals surface area (Å²) in [5.74, 6) is 2.63. The zero-order valence-corrected chi connectivity index (χ0v) is 11.2. The average Bonchev–Trinajstić information content (AvgIpc) is 2.74. The van der Waals surface area contributed by atoms with Crippen LogP contribution >= 0.6 is 27.3 Å². The number of thiophene rings is 1. The van der Waals surface area contributed by atoms with E-state index in [9.17, 15) is 4.79 Å². The molecule has 84 valence electrons. The lowest BCUT2D eigenvalue weighted by atomic mass is 10.1. The predicted molar refractivity (Wildman–Crippen MR) is 69.5 cm³/mol. The van der Waals surface area contributed by atoms with Crippen LogP contribution in [0.5, 0.6) is 0 Å². The summed E-state index contributed by atoms with van der Waals surface area (Å²) in [6.45, 7) is 1.99. The van der Waals surface area contributed by atoms with Crippen molar-refractivity contribution in [2.45, 2.75) is 19.3 Å². The van der Waals surface area contributed by atoms with Crippen LogP contribution in [-0.4, -0.2) is 23.8 Å². The molecule has 1 aliphatic heterocycles. The monoisotopic (exact) mass is 297 g/mol.